The maximum Gasteiger partial charge on any atom is 0.216 e. The van der Waals surface area contributed by atoms with Crippen molar-refractivity contribution in [1.82, 2.24) is 0 Å². The molecule has 0 saturated carbocycles. The molecule has 0 N–H and O–H groups in total. The molecule has 2 heteroatoms. The van der Waals surface area contributed by atoms with Crippen molar-refractivity contribution in [2.75, 3.05) is 0 Å². The molecule has 1 aromatic carbocycles. The lowest BCUT2D eigenvalue weighted by Crippen LogP contribution is -1.97. The molecule has 0 bridgehead atoms. The van der Waals surface area contributed by atoms with Gasteiger partial charge in [0.15, 0.2) is 0 Å². The zero-order valence-corrected chi connectivity index (χ0v) is 16.5. The summed E-state index contributed by atoms with van der Waals surface area (Å²) >= 11 is 3.96. The summed E-state index contributed by atoms with van der Waals surface area (Å²) in [5.74, 6) is 0. The van der Waals surface area contributed by atoms with Gasteiger partial charge in [-0.25, -0.2) is 0 Å². The van der Waals surface area contributed by atoms with Gasteiger partial charge in [0.2, 0.25) is 5.12 Å². The van der Waals surface area contributed by atoms with Gasteiger partial charge in [-0.2, -0.15) is 0 Å². The lowest BCUT2D eigenvalue weighted by atomic mass is 10.0. The zero-order chi connectivity index (χ0) is 17.5. The number of hydrogen-bond donors (Lipinski definition) is 1. The third-order valence-electron chi connectivity index (χ3n) is 4.80. The average Bonchev–Trinajstić information content (AvgIpc) is 2.59. The first-order valence-corrected chi connectivity index (χ1v) is 10.5. The first-order chi connectivity index (χ1) is 11.8. The number of thiol groups is 1. The molecule has 24 heavy (non-hydrogen) atoms. The van der Waals surface area contributed by atoms with Crippen molar-refractivity contribution in [3.63, 3.8) is 0 Å². The molecule has 0 aliphatic rings. The van der Waals surface area contributed by atoms with Crippen molar-refractivity contribution < 1.29 is 4.79 Å². The zero-order valence-electron chi connectivity index (χ0n) is 15.6. The van der Waals surface area contributed by atoms with E-state index >= 15 is 0 Å². The van der Waals surface area contributed by atoms with Crippen molar-refractivity contribution in [2.45, 2.75) is 96.8 Å². The number of carbonyl (C=O) groups excluding carboxylic acids is 1. The van der Waals surface area contributed by atoms with Crippen LogP contribution >= 0.6 is 12.6 Å². The molecule has 0 atom stereocenters. The molecule has 0 fully saturated rings. The Morgan fingerprint density at radius 1 is 0.750 bits per heavy atom. The summed E-state index contributed by atoms with van der Waals surface area (Å²) in [6.07, 6.45) is 18.8. The van der Waals surface area contributed by atoms with E-state index in [1.54, 1.807) is 0 Å². The predicted molar refractivity (Wildman–Crippen MR) is 109 cm³/mol. The van der Waals surface area contributed by atoms with E-state index in [9.17, 15) is 4.79 Å². The van der Waals surface area contributed by atoms with Crippen LogP contribution in [0.15, 0.2) is 24.3 Å². The number of carbonyl (C=O) groups is 1. The van der Waals surface area contributed by atoms with E-state index in [1.165, 1.54) is 83.5 Å². The maximum atomic E-state index is 11.5. The molecule has 0 amide bonds. The first-order valence-electron chi connectivity index (χ1n) is 10.1. The van der Waals surface area contributed by atoms with Gasteiger partial charge >= 0.3 is 0 Å². The summed E-state index contributed by atoms with van der Waals surface area (Å²) in [5, 5.41) is -0.111. The average molecular weight is 349 g/mol. The maximum absolute atomic E-state index is 11.5. The Morgan fingerprint density at radius 3 is 1.71 bits per heavy atom. The summed E-state index contributed by atoms with van der Waals surface area (Å²) in [7, 11) is 0. The van der Waals surface area contributed by atoms with Gasteiger partial charge in [0.1, 0.15) is 0 Å². The van der Waals surface area contributed by atoms with Crippen molar-refractivity contribution in [1.29, 1.82) is 0 Å². The second-order valence-corrected chi connectivity index (χ2v) is 7.36. The molecule has 0 spiro atoms. The van der Waals surface area contributed by atoms with Crippen LogP contribution in [0.3, 0.4) is 0 Å². The molecule has 0 unspecified atom stereocenters. The Morgan fingerprint density at radius 2 is 1.21 bits per heavy atom. The Hall–Kier alpha value is -0.760. The van der Waals surface area contributed by atoms with Crippen LogP contribution in [0.4, 0.5) is 0 Å². The molecule has 1 aromatic rings. The smallest absolute Gasteiger partial charge is 0.216 e. The number of hydrogen-bond acceptors (Lipinski definition) is 1. The third-order valence-corrected chi connectivity index (χ3v) is 5.04. The molecule has 136 valence electrons. The number of unbranched alkanes of at least 4 members (excludes halogenated alkanes) is 12. The lowest BCUT2D eigenvalue weighted by molar-refractivity contribution is 0.109. The van der Waals surface area contributed by atoms with E-state index in [-0.39, 0.29) is 5.12 Å². The minimum atomic E-state index is -0.111. The first kappa shape index (κ1) is 21.3. The van der Waals surface area contributed by atoms with Gasteiger partial charge in [0.25, 0.3) is 0 Å². The predicted octanol–water partition coefficient (Wildman–Crippen LogP) is 7.39. The summed E-state index contributed by atoms with van der Waals surface area (Å²) in [6, 6.07) is 7.87. The quantitative estimate of drug-likeness (QED) is 0.258. The van der Waals surface area contributed by atoms with E-state index < -0.39 is 0 Å². The van der Waals surface area contributed by atoms with Crippen LogP contribution in [-0.4, -0.2) is 5.12 Å². The molecular weight excluding hydrogens is 312 g/mol. The van der Waals surface area contributed by atoms with Crippen molar-refractivity contribution in [3.8, 4) is 0 Å². The molecule has 0 heterocycles. The highest BCUT2D eigenvalue weighted by Gasteiger charge is 2.06. The topological polar surface area (TPSA) is 17.1 Å². The Labute approximate surface area is 155 Å². The van der Waals surface area contributed by atoms with Gasteiger partial charge in [-0.05, 0) is 18.4 Å². The van der Waals surface area contributed by atoms with Crippen LogP contribution < -0.4 is 0 Å². The molecular formula is C22H36OS. The summed E-state index contributed by atoms with van der Waals surface area (Å²) < 4.78 is 0. The van der Waals surface area contributed by atoms with Crippen LogP contribution in [0, 0.1) is 0 Å². The second kappa shape index (κ2) is 14.6. The molecule has 0 radical (unpaired) electrons. The Bertz CT molecular complexity index is 441. The van der Waals surface area contributed by atoms with E-state index in [0.29, 0.717) is 0 Å². The van der Waals surface area contributed by atoms with Gasteiger partial charge in [-0.3, -0.25) is 4.79 Å². The van der Waals surface area contributed by atoms with Crippen molar-refractivity contribution >= 4 is 17.7 Å². The SMILES string of the molecule is CCCCCCCCCCCCCCCc1ccccc1C(=O)S. The second-order valence-electron chi connectivity index (χ2n) is 6.95. The largest absolute Gasteiger partial charge is 0.282 e. The van der Waals surface area contributed by atoms with Gasteiger partial charge < -0.3 is 0 Å². The summed E-state index contributed by atoms with van der Waals surface area (Å²) in [5.41, 5.74) is 1.93. The van der Waals surface area contributed by atoms with Gasteiger partial charge in [0.05, 0.1) is 0 Å². The molecule has 0 aliphatic heterocycles. The standard InChI is InChI=1S/C22H36OS/c1-2-3-4-5-6-7-8-9-10-11-12-13-14-17-20-18-15-16-19-21(20)22(23)24/h15-16,18-19H,2-14,17H2,1H3,(H,23,24). The third kappa shape index (κ3) is 10.2. The fourth-order valence-corrected chi connectivity index (χ4v) is 3.50. The van der Waals surface area contributed by atoms with E-state index in [1.807, 2.05) is 18.2 Å². The highest BCUT2D eigenvalue weighted by Crippen LogP contribution is 2.16. The minimum absolute atomic E-state index is 0.111. The molecule has 0 aromatic heterocycles. The van der Waals surface area contributed by atoms with Crippen LogP contribution in [-0.2, 0) is 6.42 Å². The van der Waals surface area contributed by atoms with Crippen LogP contribution in [0.2, 0.25) is 0 Å². The normalized spacial score (nSPS) is 10.9. The fourth-order valence-electron chi connectivity index (χ4n) is 3.28. The minimum Gasteiger partial charge on any atom is -0.282 e. The number of benzene rings is 1. The van der Waals surface area contributed by atoms with Crippen LogP contribution in [0.5, 0.6) is 0 Å². The number of rotatable bonds is 15. The Balaban J connectivity index is 1.93. The molecule has 1 rings (SSSR count). The lowest BCUT2D eigenvalue weighted by Gasteiger charge is -2.06. The molecule has 0 aliphatic carbocycles. The number of aryl methyl sites for hydroxylation is 1. The van der Waals surface area contributed by atoms with Gasteiger partial charge in [0, 0.05) is 5.56 Å². The van der Waals surface area contributed by atoms with Gasteiger partial charge in [-0.1, -0.05) is 108 Å². The Kier molecular flexibility index (Phi) is 12.9. The van der Waals surface area contributed by atoms with E-state index in [2.05, 4.69) is 25.6 Å². The van der Waals surface area contributed by atoms with Crippen molar-refractivity contribution in [2.24, 2.45) is 0 Å². The van der Waals surface area contributed by atoms with Crippen LogP contribution in [0.1, 0.15) is 106 Å². The fraction of sp³-hybridized carbons (Fsp3) is 0.682. The summed E-state index contributed by atoms with van der Waals surface area (Å²) in [6.45, 7) is 2.28. The van der Waals surface area contributed by atoms with E-state index in [0.717, 1.165) is 17.5 Å². The van der Waals surface area contributed by atoms with Gasteiger partial charge in [-0.15, -0.1) is 12.6 Å². The van der Waals surface area contributed by atoms with Crippen molar-refractivity contribution in [3.05, 3.63) is 35.4 Å². The van der Waals surface area contributed by atoms with Crippen LogP contribution in [0.25, 0.3) is 0 Å². The highest BCUT2D eigenvalue weighted by atomic mass is 32.1. The summed E-state index contributed by atoms with van der Waals surface area (Å²) in [4.78, 5) is 11.5. The molecule has 0 saturated heterocycles. The molecule has 1 nitrogen and oxygen atoms in total. The monoisotopic (exact) mass is 348 g/mol. The highest BCUT2D eigenvalue weighted by molar-refractivity contribution is 7.97. The van der Waals surface area contributed by atoms with E-state index in [4.69, 9.17) is 0 Å².